The third-order valence-corrected chi connectivity index (χ3v) is 4.12. The van der Waals surface area contributed by atoms with Crippen molar-refractivity contribution >= 4 is 11.9 Å². The Morgan fingerprint density at radius 1 is 1.45 bits per heavy atom. The molecule has 106 valence electrons. The van der Waals surface area contributed by atoms with Crippen molar-refractivity contribution in [1.29, 1.82) is 0 Å². The normalized spacial score (nSPS) is 24.9. The van der Waals surface area contributed by atoms with Crippen LogP contribution in [0.15, 0.2) is 18.2 Å². The lowest BCUT2D eigenvalue weighted by atomic mass is 9.86. The predicted molar refractivity (Wildman–Crippen MR) is 73.1 cm³/mol. The molecule has 0 spiro atoms. The molecule has 2 heterocycles. The molecule has 1 fully saturated rings. The molecule has 5 nitrogen and oxygen atoms in total. The van der Waals surface area contributed by atoms with E-state index in [0.717, 1.165) is 16.7 Å². The van der Waals surface area contributed by atoms with Gasteiger partial charge in [-0.25, -0.2) is 4.79 Å². The number of amides is 1. The highest BCUT2D eigenvalue weighted by molar-refractivity contribution is 5.87. The van der Waals surface area contributed by atoms with Gasteiger partial charge >= 0.3 is 5.97 Å². The molecule has 3 rings (SSSR count). The molecular formula is C15H18N2O3. The number of rotatable bonds is 1. The molecule has 0 radical (unpaired) electrons. The summed E-state index contributed by atoms with van der Waals surface area (Å²) in [6, 6.07) is 5.63. The molecule has 20 heavy (non-hydrogen) atoms. The smallest absolute Gasteiger partial charge is 0.328 e. The van der Waals surface area contributed by atoms with E-state index in [1.807, 2.05) is 6.92 Å². The molecule has 1 N–H and O–H groups in total. The molecule has 0 unspecified atom stereocenters. The summed E-state index contributed by atoms with van der Waals surface area (Å²) < 4.78 is 4.88. The Balaban J connectivity index is 2.07. The van der Waals surface area contributed by atoms with Crippen molar-refractivity contribution in [3.63, 3.8) is 0 Å². The molecule has 1 aromatic carbocycles. The number of hydrogen-bond donors (Lipinski definition) is 1. The molecular weight excluding hydrogens is 256 g/mol. The van der Waals surface area contributed by atoms with Crippen LogP contribution >= 0.6 is 0 Å². The number of piperazine rings is 1. The van der Waals surface area contributed by atoms with E-state index in [4.69, 9.17) is 4.74 Å². The van der Waals surface area contributed by atoms with Crippen molar-refractivity contribution < 1.29 is 14.3 Å². The monoisotopic (exact) mass is 274 g/mol. The molecule has 0 bridgehead atoms. The summed E-state index contributed by atoms with van der Waals surface area (Å²) in [6.45, 7) is 2.99. The summed E-state index contributed by atoms with van der Waals surface area (Å²) in [4.78, 5) is 25.9. The average molecular weight is 274 g/mol. The van der Waals surface area contributed by atoms with Gasteiger partial charge in [0.05, 0.1) is 19.7 Å². The Hall–Kier alpha value is -1.88. The summed E-state index contributed by atoms with van der Waals surface area (Å²) in [5.41, 5.74) is 3.44. The Labute approximate surface area is 117 Å². The second kappa shape index (κ2) is 4.90. The highest BCUT2D eigenvalue weighted by Gasteiger charge is 2.43. The fourth-order valence-electron chi connectivity index (χ4n) is 3.21. The molecule has 2 aliphatic rings. The van der Waals surface area contributed by atoms with E-state index in [1.54, 1.807) is 4.90 Å². The summed E-state index contributed by atoms with van der Waals surface area (Å²) in [7, 11) is 1.37. The lowest BCUT2D eigenvalue weighted by Gasteiger charge is -2.44. The van der Waals surface area contributed by atoms with Gasteiger partial charge in [-0.2, -0.15) is 0 Å². The van der Waals surface area contributed by atoms with Gasteiger partial charge in [-0.1, -0.05) is 23.8 Å². The maximum absolute atomic E-state index is 12.2. The molecule has 2 aliphatic heterocycles. The zero-order valence-corrected chi connectivity index (χ0v) is 11.7. The molecule has 5 heteroatoms. The van der Waals surface area contributed by atoms with E-state index in [-0.39, 0.29) is 24.5 Å². The van der Waals surface area contributed by atoms with E-state index in [2.05, 4.69) is 23.5 Å². The zero-order chi connectivity index (χ0) is 14.3. The van der Waals surface area contributed by atoms with Gasteiger partial charge in [0, 0.05) is 13.0 Å². The van der Waals surface area contributed by atoms with Crippen LogP contribution in [0.4, 0.5) is 0 Å². The largest absolute Gasteiger partial charge is 0.467 e. The third-order valence-electron chi connectivity index (χ3n) is 4.12. The highest BCUT2D eigenvalue weighted by atomic mass is 16.5. The lowest BCUT2D eigenvalue weighted by Crippen LogP contribution is -2.59. The highest BCUT2D eigenvalue weighted by Crippen LogP contribution is 2.35. The van der Waals surface area contributed by atoms with E-state index < -0.39 is 6.04 Å². The molecule has 0 aromatic heterocycles. The van der Waals surface area contributed by atoms with Gasteiger partial charge in [-0.3, -0.25) is 4.79 Å². The molecule has 0 aliphatic carbocycles. The van der Waals surface area contributed by atoms with Gasteiger partial charge in [-0.15, -0.1) is 0 Å². The lowest BCUT2D eigenvalue weighted by molar-refractivity contribution is -0.157. The fraction of sp³-hybridized carbons (Fsp3) is 0.467. The van der Waals surface area contributed by atoms with Crippen molar-refractivity contribution in [2.45, 2.75) is 25.4 Å². The Morgan fingerprint density at radius 2 is 2.25 bits per heavy atom. The van der Waals surface area contributed by atoms with Crippen LogP contribution < -0.4 is 5.32 Å². The number of esters is 1. The third kappa shape index (κ3) is 1.98. The number of carbonyl (C=O) groups excluding carboxylic acids is 2. The second-order valence-corrected chi connectivity index (χ2v) is 5.39. The molecule has 1 amide bonds. The van der Waals surface area contributed by atoms with Gasteiger partial charge < -0.3 is 15.0 Å². The maximum Gasteiger partial charge on any atom is 0.328 e. The van der Waals surface area contributed by atoms with Gasteiger partial charge in [0.1, 0.15) is 6.04 Å². The first-order chi connectivity index (χ1) is 9.61. The minimum Gasteiger partial charge on any atom is -0.467 e. The van der Waals surface area contributed by atoms with Crippen LogP contribution in [0.3, 0.4) is 0 Å². The van der Waals surface area contributed by atoms with E-state index >= 15 is 0 Å². The van der Waals surface area contributed by atoms with Crippen molar-refractivity contribution in [1.82, 2.24) is 10.2 Å². The van der Waals surface area contributed by atoms with Crippen molar-refractivity contribution in [3.05, 3.63) is 34.9 Å². The molecule has 1 saturated heterocycles. The number of ether oxygens (including phenoxy) is 1. The summed E-state index contributed by atoms with van der Waals surface area (Å²) >= 11 is 0. The van der Waals surface area contributed by atoms with Crippen LogP contribution in [0.5, 0.6) is 0 Å². The van der Waals surface area contributed by atoms with Crippen LogP contribution in [0, 0.1) is 6.92 Å². The molecule has 2 atom stereocenters. The number of nitrogens with one attached hydrogen (secondary N) is 1. The van der Waals surface area contributed by atoms with Crippen LogP contribution in [0.25, 0.3) is 0 Å². The molecule has 0 saturated carbocycles. The van der Waals surface area contributed by atoms with Crippen LogP contribution in [-0.2, 0) is 20.7 Å². The maximum atomic E-state index is 12.2. The Morgan fingerprint density at radius 3 is 3.00 bits per heavy atom. The number of benzene rings is 1. The first-order valence-electron chi connectivity index (χ1n) is 6.81. The average Bonchev–Trinajstić information content (AvgIpc) is 2.45. The number of nitrogens with zero attached hydrogens (tertiary/aromatic N) is 1. The van der Waals surface area contributed by atoms with Crippen molar-refractivity contribution in [3.8, 4) is 0 Å². The van der Waals surface area contributed by atoms with E-state index in [0.29, 0.717) is 13.0 Å². The van der Waals surface area contributed by atoms with E-state index in [1.165, 1.54) is 7.11 Å². The zero-order valence-electron chi connectivity index (χ0n) is 11.7. The predicted octanol–water partition coefficient (Wildman–Crippen LogP) is 0.566. The van der Waals surface area contributed by atoms with Gasteiger partial charge in [0.2, 0.25) is 5.91 Å². The number of aryl methyl sites for hydroxylation is 1. The number of hydrogen-bond acceptors (Lipinski definition) is 4. The van der Waals surface area contributed by atoms with Gasteiger partial charge in [0.15, 0.2) is 0 Å². The van der Waals surface area contributed by atoms with Crippen molar-refractivity contribution in [2.75, 3.05) is 20.2 Å². The SMILES string of the molecule is COC(=O)[C@H]1Cc2cc(C)ccc2[C@@H]2CNCC(=O)N12. The van der Waals surface area contributed by atoms with Crippen LogP contribution in [0.2, 0.25) is 0 Å². The van der Waals surface area contributed by atoms with E-state index in [9.17, 15) is 9.59 Å². The first-order valence-corrected chi connectivity index (χ1v) is 6.81. The summed E-state index contributed by atoms with van der Waals surface area (Å²) in [5, 5.41) is 3.12. The number of carbonyl (C=O) groups is 2. The van der Waals surface area contributed by atoms with Crippen LogP contribution in [-0.4, -0.2) is 43.0 Å². The quantitative estimate of drug-likeness (QED) is 0.761. The minimum absolute atomic E-state index is 0.0390. The van der Waals surface area contributed by atoms with Crippen LogP contribution in [0.1, 0.15) is 22.7 Å². The minimum atomic E-state index is -0.506. The summed E-state index contributed by atoms with van der Waals surface area (Å²) in [6.07, 6.45) is 0.534. The number of fused-ring (bicyclic) bond motifs is 3. The first kappa shape index (κ1) is 13.1. The Kier molecular flexibility index (Phi) is 3.22. The van der Waals surface area contributed by atoms with Crippen molar-refractivity contribution in [2.24, 2.45) is 0 Å². The second-order valence-electron chi connectivity index (χ2n) is 5.39. The summed E-state index contributed by atoms with van der Waals surface area (Å²) in [5.74, 6) is -0.375. The molecule has 1 aromatic rings. The Bertz CT molecular complexity index is 570. The standard InChI is InChI=1S/C15H18N2O3/c1-9-3-4-11-10(5-9)6-12(15(19)20-2)17-13(11)7-16-8-14(17)18/h3-5,12-13,16H,6-8H2,1-2H3/t12-,13+/m1/s1. The van der Waals surface area contributed by atoms with Gasteiger partial charge in [0.25, 0.3) is 0 Å². The topological polar surface area (TPSA) is 58.6 Å². The number of methoxy groups -OCH3 is 1. The van der Waals surface area contributed by atoms with Gasteiger partial charge in [-0.05, 0) is 18.1 Å². The fourth-order valence-corrected chi connectivity index (χ4v) is 3.21.